The van der Waals surface area contributed by atoms with Crippen LogP contribution in [0.5, 0.6) is 0 Å². The molecule has 0 amide bonds. The van der Waals surface area contributed by atoms with E-state index >= 15 is 0 Å². The van der Waals surface area contributed by atoms with Crippen LogP contribution in [0, 0.1) is 5.92 Å². The van der Waals surface area contributed by atoms with E-state index in [1.165, 1.54) is 118 Å². The highest BCUT2D eigenvalue weighted by atomic mass is 15.1. The molecule has 2 unspecified atom stereocenters. The lowest BCUT2D eigenvalue weighted by Crippen LogP contribution is -2.33. The van der Waals surface area contributed by atoms with E-state index in [4.69, 9.17) is 0 Å². The molecule has 0 bridgehead atoms. The van der Waals surface area contributed by atoms with Crippen molar-refractivity contribution in [2.75, 3.05) is 9.80 Å². The third kappa shape index (κ3) is 6.94. The average Bonchev–Trinajstić information content (AvgIpc) is 3.53. The topological polar surface area (TPSA) is 6.48 Å². The zero-order chi connectivity index (χ0) is 40.7. The third-order valence-electron chi connectivity index (χ3n) is 14.4. The molecule has 3 aliphatic carbocycles. The van der Waals surface area contributed by atoms with Crippen LogP contribution in [-0.4, -0.2) is 0 Å². The molecule has 0 heterocycles. The first-order valence-corrected chi connectivity index (χ1v) is 22.6. The lowest BCUT2D eigenvalue weighted by atomic mass is 9.62. The molecule has 0 aliphatic heterocycles. The van der Waals surface area contributed by atoms with E-state index in [0.717, 1.165) is 12.8 Å². The Morgan fingerprint density at radius 1 is 0.433 bits per heavy atom. The normalized spacial score (nSPS) is 19.6. The van der Waals surface area contributed by atoms with E-state index in [-0.39, 0.29) is 10.8 Å². The monoisotopic (exact) mass is 782 g/mol. The molecule has 0 radical (unpaired) electrons. The first kappa shape index (κ1) is 38.3. The number of rotatable bonds is 9. The molecule has 2 fully saturated rings. The van der Waals surface area contributed by atoms with E-state index in [1.807, 2.05) is 0 Å². The minimum absolute atomic E-state index is 0.0467. The maximum Gasteiger partial charge on any atom is 0.0465 e. The molecule has 10 rings (SSSR count). The quantitative estimate of drug-likeness (QED) is 0.144. The fraction of sp³-hybridized carbons (Fsp3) is 0.276. The van der Waals surface area contributed by atoms with E-state index in [0.29, 0.717) is 11.8 Å². The predicted octanol–water partition coefficient (Wildman–Crippen LogP) is 16.5. The summed E-state index contributed by atoms with van der Waals surface area (Å²) in [7, 11) is 0. The SMILES string of the molecule is CC1CCCC(c2ccc(N(c3ccccc3)c3ccc(C4CCCCC4)cc3)cc2)(c2ccc(N(c3ccccc3)c3ccc4c(c3)C(C)(C)c3ccccc3-4)cc2)C1. The largest absolute Gasteiger partial charge is 0.311 e. The van der Waals surface area contributed by atoms with E-state index in [9.17, 15) is 0 Å². The van der Waals surface area contributed by atoms with Gasteiger partial charge in [0.1, 0.15) is 0 Å². The Hall–Kier alpha value is -5.86. The van der Waals surface area contributed by atoms with Crippen molar-refractivity contribution in [2.24, 2.45) is 5.92 Å². The van der Waals surface area contributed by atoms with Crippen LogP contribution in [0.2, 0.25) is 0 Å². The van der Waals surface area contributed by atoms with Crippen molar-refractivity contribution in [2.45, 2.75) is 95.3 Å². The van der Waals surface area contributed by atoms with Gasteiger partial charge in [0.05, 0.1) is 0 Å². The van der Waals surface area contributed by atoms with Crippen LogP contribution in [0.25, 0.3) is 11.1 Å². The number of fused-ring (bicyclic) bond motifs is 3. The highest BCUT2D eigenvalue weighted by molar-refractivity contribution is 5.85. The summed E-state index contributed by atoms with van der Waals surface area (Å²) in [5, 5.41) is 0. The second-order valence-electron chi connectivity index (χ2n) is 18.5. The number of benzene rings is 7. The van der Waals surface area contributed by atoms with Gasteiger partial charge in [-0.15, -0.1) is 0 Å². The van der Waals surface area contributed by atoms with Gasteiger partial charge in [0.25, 0.3) is 0 Å². The summed E-state index contributed by atoms with van der Waals surface area (Å²) in [5.41, 5.74) is 16.9. The smallest absolute Gasteiger partial charge is 0.0465 e. The van der Waals surface area contributed by atoms with Gasteiger partial charge in [0.2, 0.25) is 0 Å². The summed E-state index contributed by atoms with van der Waals surface area (Å²) >= 11 is 0. The Labute approximate surface area is 358 Å². The molecule has 2 nitrogen and oxygen atoms in total. The number of anilines is 6. The molecule has 7 aromatic rings. The third-order valence-corrected chi connectivity index (χ3v) is 14.4. The van der Waals surface area contributed by atoms with Crippen LogP contribution in [0.15, 0.2) is 176 Å². The number of para-hydroxylation sites is 2. The fourth-order valence-electron chi connectivity index (χ4n) is 11.3. The first-order chi connectivity index (χ1) is 29.4. The van der Waals surface area contributed by atoms with Crippen LogP contribution in [-0.2, 0) is 10.8 Å². The molecule has 2 atom stereocenters. The lowest BCUT2D eigenvalue weighted by Gasteiger charge is -2.42. The summed E-state index contributed by atoms with van der Waals surface area (Å²) in [6, 6.07) is 66.5. The van der Waals surface area contributed by atoms with Crippen LogP contribution >= 0.6 is 0 Å². The Morgan fingerprint density at radius 2 is 0.917 bits per heavy atom. The van der Waals surface area contributed by atoms with E-state index in [2.05, 4.69) is 206 Å². The van der Waals surface area contributed by atoms with Crippen molar-refractivity contribution in [1.29, 1.82) is 0 Å². The van der Waals surface area contributed by atoms with Crippen LogP contribution in [0.4, 0.5) is 34.1 Å². The molecule has 0 N–H and O–H groups in total. The van der Waals surface area contributed by atoms with Crippen molar-refractivity contribution in [3.05, 3.63) is 204 Å². The maximum absolute atomic E-state index is 2.45. The molecular weight excluding hydrogens is 725 g/mol. The van der Waals surface area contributed by atoms with Gasteiger partial charge in [0, 0.05) is 45.0 Å². The minimum atomic E-state index is -0.0644. The van der Waals surface area contributed by atoms with Crippen LogP contribution in [0.3, 0.4) is 0 Å². The Bertz CT molecular complexity index is 2550. The highest BCUT2D eigenvalue weighted by Gasteiger charge is 2.39. The second-order valence-corrected chi connectivity index (χ2v) is 18.5. The van der Waals surface area contributed by atoms with Gasteiger partial charge in [-0.25, -0.2) is 0 Å². The molecule has 0 saturated heterocycles. The van der Waals surface area contributed by atoms with Crippen molar-refractivity contribution >= 4 is 34.1 Å². The first-order valence-electron chi connectivity index (χ1n) is 22.6. The van der Waals surface area contributed by atoms with Gasteiger partial charge in [-0.2, -0.15) is 0 Å². The zero-order valence-corrected chi connectivity index (χ0v) is 35.7. The number of hydrogen-bond donors (Lipinski definition) is 0. The zero-order valence-electron chi connectivity index (χ0n) is 35.7. The fourth-order valence-corrected chi connectivity index (χ4v) is 11.3. The average molecular weight is 783 g/mol. The van der Waals surface area contributed by atoms with Crippen molar-refractivity contribution in [3.8, 4) is 11.1 Å². The molecular formula is C58H58N2. The van der Waals surface area contributed by atoms with Gasteiger partial charge < -0.3 is 9.80 Å². The number of nitrogens with zero attached hydrogens (tertiary/aromatic N) is 2. The molecule has 60 heavy (non-hydrogen) atoms. The molecule has 7 aromatic carbocycles. The highest BCUT2D eigenvalue weighted by Crippen LogP contribution is 2.52. The Morgan fingerprint density at radius 3 is 1.50 bits per heavy atom. The molecule has 2 saturated carbocycles. The van der Waals surface area contributed by atoms with Gasteiger partial charge >= 0.3 is 0 Å². The summed E-state index contributed by atoms with van der Waals surface area (Å²) < 4.78 is 0. The van der Waals surface area contributed by atoms with Gasteiger partial charge in [-0.1, -0.05) is 156 Å². The second kappa shape index (κ2) is 16.0. The summed E-state index contributed by atoms with van der Waals surface area (Å²) in [6.07, 6.45) is 11.6. The Balaban J connectivity index is 0.996. The van der Waals surface area contributed by atoms with Gasteiger partial charge in [-0.3, -0.25) is 0 Å². The van der Waals surface area contributed by atoms with Crippen molar-refractivity contribution in [3.63, 3.8) is 0 Å². The van der Waals surface area contributed by atoms with Crippen LogP contribution < -0.4 is 9.80 Å². The molecule has 300 valence electrons. The Kier molecular flexibility index (Phi) is 10.2. The molecule has 0 aromatic heterocycles. The maximum atomic E-state index is 2.45. The molecule has 0 spiro atoms. The van der Waals surface area contributed by atoms with Gasteiger partial charge in [-0.05, 0) is 149 Å². The molecule has 3 aliphatic rings. The van der Waals surface area contributed by atoms with Crippen LogP contribution in [0.1, 0.15) is 112 Å². The number of hydrogen-bond acceptors (Lipinski definition) is 2. The molecule has 2 heteroatoms. The van der Waals surface area contributed by atoms with Crippen molar-refractivity contribution in [1.82, 2.24) is 0 Å². The summed E-state index contributed by atoms with van der Waals surface area (Å²) in [6.45, 7) is 7.19. The summed E-state index contributed by atoms with van der Waals surface area (Å²) in [5.74, 6) is 1.35. The van der Waals surface area contributed by atoms with Gasteiger partial charge in [0.15, 0.2) is 0 Å². The van der Waals surface area contributed by atoms with E-state index < -0.39 is 0 Å². The standard InChI is InChI=1S/C58H58N2/c1-42-16-15-39-58(41-42,45-27-33-50(34-28-45)59(47-19-9-5-10-20-47)49-31-25-44(26-32-49)43-17-7-4-8-18-43)46-29-35-51(36-30-46)60(48-21-11-6-12-22-48)52-37-38-54-53-23-13-14-24-55(53)57(2,3)56(54)40-52/h5-6,9-14,19-38,40,42-43H,4,7-8,15-18,39,41H2,1-3H3. The summed E-state index contributed by atoms with van der Waals surface area (Å²) in [4.78, 5) is 4.87. The lowest BCUT2D eigenvalue weighted by molar-refractivity contribution is 0.272. The van der Waals surface area contributed by atoms with E-state index in [1.54, 1.807) is 0 Å². The predicted molar refractivity (Wildman–Crippen MR) is 254 cm³/mol. The minimum Gasteiger partial charge on any atom is -0.311 e. The van der Waals surface area contributed by atoms with Crippen molar-refractivity contribution < 1.29 is 0 Å².